The minimum Gasteiger partial charge on any atom is -0.494 e. The molecule has 0 atom stereocenters. The van der Waals surface area contributed by atoms with Crippen LogP contribution in [0.15, 0.2) is 76.5 Å². The highest BCUT2D eigenvalue weighted by Gasteiger charge is 2.28. The number of carbonyl (C=O) groups excluding carboxylic acids is 1. The zero-order chi connectivity index (χ0) is 26.6. The van der Waals surface area contributed by atoms with Gasteiger partial charge in [0, 0.05) is 30.0 Å². The fraction of sp³-hybridized carbons (Fsp3) is 0.269. The fourth-order valence-corrected chi connectivity index (χ4v) is 6.60. The highest BCUT2D eigenvalue weighted by molar-refractivity contribution is 7.92. The lowest BCUT2D eigenvalue weighted by molar-refractivity contribution is 0.102. The maximum absolute atomic E-state index is 13.0. The molecule has 3 aromatic rings. The Bertz CT molecular complexity index is 1480. The van der Waals surface area contributed by atoms with Gasteiger partial charge in [-0.25, -0.2) is 16.8 Å². The number of anilines is 2. The van der Waals surface area contributed by atoms with Gasteiger partial charge in [-0.15, -0.1) is 0 Å². The number of carbonyl (C=O) groups is 1. The van der Waals surface area contributed by atoms with E-state index in [1.165, 1.54) is 40.7 Å². The van der Waals surface area contributed by atoms with Gasteiger partial charge in [-0.3, -0.25) is 9.52 Å². The lowest BCUT2D eigenvalue weighted by Gasteiger charge is -2.17. The normalized spacial score (nSPS) is 14.3. The molecule has 0 spiro atoms. The van der Waals surface area contributed by atoms with Gasteiger partial charge >= 0.3 is 0 Å². The van der Waals surface area contributed by atoms with Crippen molar-refractivity contribution in [2.45, 2.75) is 36.5 Å². The van der Waals surface area contributed by atoms with Gasteiger partial charge in [-0.1, -0.05) is 6.07 Å². The molecule has 4 rings (SSSR count). The molecule has 37 heavy (non-hydrogen) atoms. The first-order valence-corrected chi connectivity index (χ1v) is 14.8. The molecule has 1 fully saturated rings. The van der Waals surface area contributed by atoms with E-state index in [0.29, 0.717) is 42.4 Å². The van der Waals surface area contributed by atoms with Gasteiger partial charge in [0.25, 0.3) is 15.9 Å². The lowest BCUT2D eigenvalue weighted by Crippen LogP contribution is -2.28. The summed E-state index contributed by atoms with van der Waals surface area (Å²) in [6, 6.07) is 16.8. The summed E-state index contributed by atoms with van der Waals surface area (Å²) in [5, 5.41) is 2.72. The second-order valence-electron chi connectivity index (χ2n) is 8.63. The van der Waals surface area contributed by atoms with E-state index in [2.05, 4.69) is 10.0 Å². The number of benzene rings is 3. The van der Waals surface area contributed by atoms with E-state index >= 15 is 0 Å². The first-order valence-electron chi connectivity index (χ1n) is 11.9. The Labute approximate surface area is 217 Å². The number of nitrogens with zero attached hydrogens (tertiary/aromatic N) is 1. The molecule has 0 aliphatic carbocycles. The minimum atomic E-state index is -3.85. The van der Waals surface area contributed by atoms with Crippen LogP contribution in [0.3, 0.4) is 0 Å². The van der Waals surface area contributed by atoms with E-state index in [1.54, 1.807) is 37.3 Å². The van der Waals surface area contributed by atoms with E-state index in [9.17, 15) is 21.6 Å². The van der Waals surface area contributed by atoms with Crippen molar-refractivity contribution in [1.82, 2.24) is 4.31 Å². The second kappa shape index (κ2) is 10.9. The van der Waals surface area contributed by atoms with Crippen LogP contribution in [-0.2, 0) is 20.0 Å². The monoisotopic (exact) mass is 543 g/mol. The number of nitrogens with one attached hydrogen (secondary N) is 2. The summed E-state index contributed by atoms with van der Waals surface area (Å²) in [4.78, 5) is 13.1. The summed E-state index contributed by atoms with van der Waals surface area (Å²) >= 11 is 0. The van der Waals surface area contributed by atoms with Gasteiger partial charge in [0.2, 0.25) is 10.0 Å². The van der Waals surface area contributed by atoms with Crippen LogP contribution in [-0.4, -0.2) is 46.7 Å². The predicted octanol–water partition coefficient (Wildman–Crippen LogP) is 4.23. The van der Waals surface area contributed by atoms with E-state index < -0.39 is 26.0 Å². The highest BCUT2D eigenvalue weighted by atomic mass is 32.2. The Morgan fingerprint density at radius 1 is 0.865 bits per heavy atom. The molecule has 0 radical (unpaired) electrons. The number of aryl methyl sites for hydroxylation is 1. The molecular weight excluding hydrogens is 514 g/mol. The molecule has 0 aromatic heterocycles. The first kappa shape index (κ1) is 26.6. The van der Waals surface area contributed by atoms with Crippen LogP contribution in [0.5, 0.6) is 5.75 Å². The van der Waals surface area contributed by atoms with Crippen molar-refractivity contribution < 1.29 is 26.4 Å². The Morgan fingerprint density at radius 2 is 1.46 bits per heavy atom. The summed E-state index contributed by atoms with van der Waals surface area (Å²) in [5.74, 6) is 0.152. The smallest absolute Gasteiger partial charge is 0.261 e. The number of hydrogen-bond donors (Lipinski definition) is 2. The van der Waals surface area contributed by atoms with Crippen molar-refractivity contribution in [2.75, 3.05) is 29.7 Å². The number of hydrogen-bond acceptors (Lipinski definition) is 6. The molecule has 0 unspecified atom stereocenters. The molecule has 1 aliphatic rings. The maximum Gasteiger partial charge on any atom is 0.261 e. The SMILES string of the molecule is CCOc1ccc(NS(=O)(=O)c2ccc(NC(=O)c3cc(S(=O)(=O)N4CCCC4)ccc3C)cc2)cc1. The van der Waals surface area contributed by atoms with Crippen LogP contribution in [0.1, 0.15) is 35.7 Å². The zero-order valence-corrected chi connectivity index (χ0v) is 22.2. The van der Waals surface area contributed by atoms with E-state index in [1.807, 2.05) is 6.92 Å². The van der Waals surface area contributed by atoms with Crippen LogP contribution in [0.4, 0.5) is 11.4 Å². The minimum absolute atomic E-state index is 0.0225. The van der Waals surface area contributed by atoms with E-state index in [4.69, 9.17) is 4.74 Å². The number of amides is 1. The van der Waals surface area contributed by atoms with E-state index in [0.717, 1.165) is 12.8 Å². The first-order chi connectivity index (χ1) is 17.6. The van der Waals surface area contributed by atoms with Crippen molar-refractivity contribution in [3.63, 3.8) is 0 Å². The van der Waals surface area contributed by atoms with Gasteiger partial charge in [-0.05, 0) is 92.9 Å². The van der Waals surface area contributed by atoms with Crippen molar-refractivity contribution >= 4 is 37.3 Å². The molecule has 2 N–H and O–H groups in total. The van der Waals surface area contributed by atoms with Crippen molar-refractivity contribution in [2.24, 2.45) is 0 Å². The topological polar surface area (TPSA) is 122 Å². The van der Waals surface area contributed by atoms with Gasteiger partial charge in [-0.2, -0.15) is 4.31 Å². The summed E-state index contributed by atoms with van der Waals surface area (Å²) in [6.07, 6.45) is 1.64. The van der Waals surface area contributed by atoms with Crippen LogP contribution in [0.25, 0.3) is 0 Å². The number of sulfonamides is 2. The largest absolute Gasteiger partial charge is 0.494 e. The van der Waals surface area contributed by atoms with Gasteiger partial charge in [0.15, 0.2) is 0 Å². The van der Waals surface area contributed by atoms with Crippen LogP contribution >= 0.6 is 0 Å². The van der Waals surface area contributed by atoms with Crippen molar-refractivity contribution in [3.8, 4) is 5.75 Å². The highest BCUT2D eigenvalue weighted by Crippen LogP contribution is 2.25. The lowest BCUT2D eigenvalue weighted by atomic mass is 10.1. The predicted molar refractivity (Wildman–Crippen MR) is 142 cm³/mol. The quantitative estimate of drug-likeness (QED) is 0.417. The van der Waals surface area contributed by atoms with Gasteiger partial charge in [0.05, 0.1) is 16.4 Å². The molecule has 9 nitrogen and oxygen atoms in total. The molecule has 1 aliphatic heterocycles. The number of rotatable bonds is 9. The second-order valence-corrected chi connectivity index (χ2v) is 12.2. The summed E-state index contributed by atoms with van der Waals surface area (Å²) in [5.41, 5.74) is 1.61. The maximum atomic E-state index is 13.0. The van der Waals surface area contributed by atoms with Gasteiger partial charge < -0.3 is 10.1 Å². The standard InChI is InChI=1S/C26H29N3O6S2/c1-3-35-22-11-7-21(8-12-22)28-36(31,32)23-14-9-20(10-15-23)27-26(30)25-18-24(13-6-19(25)2)37(33,34)29-16-4-5-17-29/h6-15,18,28H,3-5,16-17H2,1-2H3,(H,27,30). The average molecular weight is 544 g/mol. The van der Waals surface area contributed by atoms with Crippen molar-refractivity contribution in [1.29, 1.82) is 0 Å². The molecule has 1 saturated heterocycles. The Balaban J connectivity index is 1.47. The number of ether oxygens (including phenoxy) is 1. The Kier molecular flexibility index (Phi) is 7.86. The van der Waals surface area contributed by atoms with Crippen LogP contribution in [0.2, 0.25) is 0 Å². The molecule has 1 heterocycles. The average Bonchev–Trinajstić information content (AvgIpc) is 3.42. The summed E-state index contributed by atoms with van der Waals surface area (Å²) in [7, 11) is -7.51. The fourth-order valence-electron chi connectivity index (χ4n) is 4.00. The molecular formula is C26H29N3O6S2. The Morgan fingerprint density at radius 3 is 2.08 bits per heavy atom. The molecule has 196 valence electrons. The summed E-state index contributed by atoms with van der Waals surface area (Å²) in [6.45, 7) is 5.04. The van der Waals surface area contributed by atoms with Crippen LogP contribution in [0, 0.1) is 6.92 Å². The van der Waals surface area contributed by atoms with Crippen molar-refractivity contribution in [3.05, 3.63) is 77.9 Å². The Hall–Kier alpha value is -3.41. The molecule has 3 aromatic carbocycles. The third-order valence-electron chi connectivity index (χ3n) is 6.00. The molecule has 1 amide bonds. The zero-order valence-electron chi connectivity index (χ0n) is 20.6. The van der Waals surface area contributed by atoms with E-state index in [-0.39, 0.29) is 15.4 Å². The molecule has 0 saturated carbocycles. The van der Waals surface area contributed by atoms with Gasteiger partial charge in [0.1, 0.15) is 5.75 Å². The third-order valence-corrected chi connectivity index (χ3v) is 9.29. The van der Waals surface area contributed by atoms with Crippen LogP contribution < -0.4 is 14.8 Å². The summed E-state index contributed by atoms with van der Waals surface area (Å²) < 4.78 is 60.7. The third kappa shape index (κ3) is 6.12. The molecule has 0 bridgehead atoms. The molecule has 11 heteroatoms.